The van der Waals surface area contributed by atoms with Crippen molar-refractivity contribution in [3.63, 3.8) is 0 Å². The lowest BCUT2D eigenvalue weighted by Crippen LogP contribution is -2.56. The van der Waals surface area contributed by atoms with Gasteiger partial charge in [0.05, 0.1) is 12.2 Å². The van der Waals surface area contributed by atoms with E-state index in [2.05, 4.69) is 13.0 Å². The Kier molecular flexibility index (Phi) is 4.05. The van der Waals surface area contributed by atoms with Crippen LogP contribution < -0.4 is 0 Å². The Labute approximate surface area is 145 Å². The molecular weight excluding hydrogens is 298 g/mol. The third-order valence-corrected chi connectivity index (χ3v) is 8.72. The molecule has 132 valence electrons. The summed E-state index contributed by atoms with van der Waals surface area (Å²) in [6.45, 7) is 2.70. The van der Waals surface area contributed by atoms with E-state index in [1.54, 1.807) is 0 Å². The van der Waals surface area contributed by atoms with Crippen LogP contribution in [0.4, 0.5) is 0 Å². The predicted octanol–water partition coefficient (Wildman–Crippen LogP) is 3.81. The van der Waals surface area contributed by atoms with Crippen LogP contribution in [0.5, 0.6) is 0 Å². The summed E-state index contributed by atoms with van der Waals surface area (Å²) in [7, 11) is 0. The molecule has 0 spiro atoms. The van der Waals surface area contributed by atoms with Crippen LogP contribution in [0.25, 0.3) is 0 Å². The van der Waals surface area contributed by atoms with Crippen molar-refractivity contribution in [2.45, 2.75) is 70.8 Å². The third-order valence-electron chi connectivity index (χ3n) is 8.72. The molecule has 4 aliphatic carbocycles. The Hall–Kier alpha value is -0.850. The van der Waals surface area contributed by atoms with Gasteiger partial charge in [0, 0.05) is 12.7 Å². The second kappa shape index (κ2) is 5.85. The molecule has 0 aromatic carbocycles. The van der Waals surface area contributed by atoms with Gasteiger partial charge in [-0.15, -0.1) is 0 Å². The van der Waals surface area contributed by atoms with E-state index >= 15 is 0 Å². The Bertz CT molecular complexity index is 579. The molecule has 0 amide bonds. The van der Waals surface area contributed by atoms with Crippen LogP contribution in [0.1, 0.15) is 64.7 Å². The van der Waals surface area contributed by atoms with Crippen LogP contribution in [0, 0.1) is 45.8 Å². The molecule has 4 saturated carbocycles. The number of allylic oxidation sites excluding steroid dienone is 2. The van der Waals surface area contributed by atoms with Crippen molar-refractivity contribution < 1.29 is 10.2 Å². The number of fused-ring (bicyclic) bond motifs is 5. The van der Waals surface area contributed by atoms with Gasteiger partial charge in [0.1, 0.15) is 0 Å². The van der Waals surface area contributed by atoms with E-state index in [1.807, 2.05) is 6.08 Å². The van der Waals surface area contributed by atoms with Gasteiger partial charge in [-0.3, -0.25) is 0 Å². The largest absolute Gasteiger partial charge is 0.396 e. The fourth-order valence-corrected chi connectivity index (χ4v) is 7.50. The van der Waals surface area contributed by atoms with Gasteiger partial charge in [-0.2, -0.15) is 5.26 Å². The summed E-state index contributed by atoms with van der Waals surface area (Å²) in [5.41, 5.74) is 1.66. The standard InChI is InChI=1S/C21H31NO2/c1-20-9-7-19-17(18(20)5-3-14(20)8-11-22)4-2-15-12-16(24)6-10-21(15,19)13-23/h8,15-19,23-24H,2-7,9-10,12-13H2,1H3/b14-8-/t15-,16+,17-,18-,19-,20+,21+/m0/s1. The molecule has 4 fully saturated rings. The first kappa shape index (κ1) is 16.6. The molecule has 0 saturated heterocycles. The lowest BCUT2D eigenvalue weighted by molar-refractivity contribution is -0.146. The van der Waals surface area contributed by atoms with E-state index in [9.17, 15) is 10.2 Å². The van der Waals surface area contributed by atoms with Crippen LogP contribution in [0.15, 0.2) is 11.6 Å². The minimum absolute atomic E-state index is 0.0607. The van der Waals surface area contributed by atoms with Gasteiger partial charge in [-0.05, 0) is 92.3 Å². The summed E-state index contributed by atoms with van der Waals surface area (Å²) in [5.74, 6) is 2.51. The Morgan fingerprint density at radius 3 is 2.75 bits per heavy atom. The van der Waals surface area contributed by atoms with E-state index in [0.29, 0.717) is 30.3 Å². The molecule has 0 aromatic heterocycles. The van der Waals surface area contributed by atoms with Crippen molar-refractivity contribution >= 4 is 0 Å². The fraction of sp³-hybridized carbons (Fsp3) is 0.857. The fourth-order valence-electron chi connectivity index (χ4n) is 7.50. The molecule has 3 heteroatoms. The van der Waals surface area contributed by atoms with Crippen molar-refractivity contribution in [2.75, 3.05) is 6.61 Å². The average molecular weight is 329 g/mol. The lowest BCUT2D eigenvalue weighted by atomic mass is 9.44. The Morgan fingerprint density at radius 1 is 1.17 bits per heavy atom. The van der Waals surface area contributed by atoms with Gasteiger partial charge in [0.25, 0.3) is 0 Å². The first-order valence-corrected chi connectivity index (χ1v) is 9.93. The number of aliphatic hydroxyl groups excluding tert-OH is 2. The Morgan fingerprint density at radius 2 is 2.00 bits per heavy atom. The molecule has 4 aliphatic rings. The molecule has 0 unspecified atom stereocenters. The minimum atomic E-state index is -0.156. The second-order valence-corrected chi connectivity index (χ2v) is 9.26. The second-order valence-electron chi connectivity index (χ2n) is 9.26. The monoisotopic (exact) mass is 329 g/mol. The topological polar surface area (TPSA) is 64.2 Å². The van der Waals surface area contributed by atoms with Crippen LogP contribution in [-0.2, 0) is 0 Å². The normalized spacial score (nSPS) is 52.2. The van der Waals surface area contributed by atoms with E-state index in [-0.39, 0.29) is 16.9 Å². The highest BCUT2D eigenvalue weighted by Gasteiger charge is 2.60. The highest BCUT2D eigenvalue weighted by atomic mass is 16.3. The van der Waals surface area contributed by atoms with Crippen LogP contribution in [-0.4, -0.2) is 22.9 Å². The number of rotatable bonds is 1. The molecule has 2 N–H and O–H groups in total. The zero-order valence-electron chi connectivity index (χ0n) is 14.9. The third kappa shape index (κ3) is 2.15. The molecular formula is C21H31NO2. The number of nitrogens with zero attached hydrogens (tertiary/aromatic N) is 1. The van der Waals surface area contributed by atoms with E-state index in [4.69, 9.17) is 5.26 Å². The van der Waals surface area contributed by atoms with Crippen molar-refractivity contribution in [3.8, 4) is 6.07 Å². The first-order chi connectivity index (χ1) is 11.5. The van der Waals surface area contributed by atoms with Crippen LogP contribution >= 0.6 is 0 Å². The maximum atomic E-state index is 10.4. The summed E-state index contributed by atoms with van der Waals surface area (Å²) in [5, 5.41) is 29.7. The summed E-state index contributed by atoms with van der Waals surface area (Å²) < 4.78 is 0. The quantitative estimate of drug-likeness (QED) is 0.719. The van der Waals surface area contributed by atoms with Gasteiger partial charge in [0.2, 0.25) is 0 Å². The van der Waals surface area contributed by atoms with Gasteiger partial charge in [-0.1, -0.05) is 12.5 Å². The maximum absolute atomic E-state index is 10.4. The summed E-state index contributed by atoms with van der Waals surface area (Å²) in [6, 6.07) is 2.28. The Balaban J connectivity index is 1.66. The molecule has 24 heavy (non-hydrogen) atoms. The molecule has 3 nitrogen and oxygen atoms in total. The highest BCUT2D eigenvalue weighted by Crippen LogP contribution is 2.67. The zero-order valence-corrected chi connectivity index (χ0v) is 14.9. The number of nitriles is 1. The smallest absolute Gasteiger partial charge is 0.0911 e. The summed E-state index contributed by atoms with van der Waals surface area (Å²) in [4.78, 5) is 0. The van der Waals surface area contributed by atoms with Gasteiger partial charge >= 0.3 is 0 Å². The van der Waals surface area contributed by atoms with Gasteiger partial charge in [-0.25, -0.2) is 0 Å². The average Bonchev–Trinajstić information content (AvgIpc) is 2.91. The van der Waals surface area contributed by atoms with Crippen LogP contribution in [0.3, 0.4) is 0 Å². The van der Waals surface area contributed by atoms with Gasteiger partial charge in [0.15, 0.2) is 0 Å². The molecule has 4 rings (SSSR count). The van der Waals surface area contributed by atoms with E-state index in [0.717, 1.165) is 25.7 Å². The molecule has 0 aromatic rings. The SMILES string of the molecule is C[C@]12CC[C@H]3[C@@H](CC[C@H]4C[C@H](O)CC[C@@]43CO)[C@@H]1CC/C2=C/C#N. The number of aliphatic hydroxyl groups is 2. The van der Waals surface area contributed by atoms with Crippen molar-refractivity contribution in [3.05, 3.63) is 11.6 Å². The maximum Gasteiger partial charge on any atom is 0.0911 e. The number of hydrogen-bond donors (Lipinski definition) is 2. The first-order valence-electron chi connectivity index (χ1n) is 9.93. The summed E-state index contributed by atoms with van der Waals surface area (Å²) >= 11 is 0. The van der Waals surface area contributed by atoms with E-state index in [1.165, 1.54) is 37.7 Å². The predicted molar refractivity (Wildman–Crippen MR) is 92.8 cm³/mol. The summed E-state index contributed by atoms with van der Waals surface area (Å²) in [6.07, 6.45) is 11.5. The molecule has 0 aliphatic heterocycles. The van der Waals surface area contributed by atoms with Gasteiger partial charge < -0.3 is 10.2 Å². The lowest BCUT2D eigenvalue weighted by Gasteiger charge is -2.61. The molecule has 0 radical (unpaired) electrons. The highest BCUT2D eigenvalue weighted by molar-refractivity contribution is 5.28. The van der Waals surface area contributed by atoms with Crippen molar-refractivity contribution in [1.29, 1.82) is 5.26 Å². The van der Waals surface area contributed by atoms with Crippen molar-refractivity contribution in [1.82, 2.24) is 0 Å². The van der Waals surface area contributed by atoms with Crippen LogP contribution in [0.2, 0.25) is 0 Å². The zero-order chi connectivity index (χ0) is 16.9. The molecule has 7 atom stereocenters. The number of hydrogen-bond acceptors (Lipinski definition) is 3. The minimum Gasteiger partial charge on any atom is -0.396 e. The van der Waals surface area contributed by atoms with E-state index < -0.39 is 0 Å². The van der Waals surface area contributed by atoms with Crippen molar-refractivity contribution in [2.24, 2.45) is 34.5 Å². The molecule has 0 heterocycles. The molecule has 0 bridgehead atoms.